The SMILES string of the molecule is c1ccc(B2c3ccccc3N(c3ccccc3)c3cc4c5c(c32)c2cccc3c6cccc(c6n5c32)B4c2ccccc2)cc1. The highest BCUT2D eigenvalue weighted by atomic mass is 15.2. The lowest BCUT2D eigenvalue weighted by Crippen LogP contribution is -2.59. The minimum Gasteiger partial charge on any atom is -0.312 e. The van der Waals surface area contributed by atoms with Gasteiger partial charge in [-0.25, -0.2) is 0 Å². The molecule has 2 nitrogen and oxygen atoms in total. The van der Waals surface area contributed by atoms with Crippen LogP contribution in [0.25, 0.3) is 38.1 Å². The van der Waals surface area contributed by atoms with Crippen molar-refractivity contribution < 1.29 is 0 Å². The molecule has 210 valence electrons. The molecule has 0 aliphatic carbocycles. The molecule has 0 saturated carbocycles. The average Bonchev–Trinajstić information content (AvgIpc) is 3.66. The number of fused-ring (bicyclic) bond motifs is 5. The van der Waals surface area contributed by atoms with Crippen molar-refractivity contribution in [3.05, 3.63) is 158 Å². The Morgan fingerprint density at radius 3 is 1.74 bits per heavy atom. The van der Waals surface area contributed by atoms with Crippen LogP contribution in [0.3, 0.4) is 0 Å². The van der Waals surface area contributed by atoms with E-state index >= 15 is 0 Å². The van der Waals surface area contributed by atoms with E-state index in [2.05, 4.69) is 167 Å². The minimum absolute atomic E-state index is 0.0929. The molecular weight excluding hydrogens is 554 g/mol. The zero-order valence-electron chi connectivity index (χ0n) is 25.1. The first kappa shape index (κ1) is 24.6. The van der Waals surface area contributed by atoms with E-state index < -0.39 is 0 Å². The molecule has 0 bridgehead atoms. The summed E-state index contributed by atoms with van der Waals surface area (Å²) in [6, 6.07) is 58.7. The van der Waals surface area contributed by atoms with Crippen LogP contribution in [0, 0.1) is 0 Å². The second kappa shape index (κ2) is 8.93. The average molecular weight is 580 g/mol. The van der Waals surface area contributed by atoms with Crippen molar-refractivity contribution in [3.8, 4) is 0 Å². The summed E-state index contributed by atoms with van der Waals surface area (Å²) in [7, 11) is 0. The summed E-state index contributed by atoms with van der Waals surface area (Å²) in [6.07, 6.45) is 0. The fourth-order valence-corrected chi connectivity index (χ4v) is 8.94. The van der Waals surface area contributed by atoms with Gasteiger partial charge in [-0.15, -0.1) is 0 Å². The van der Waals surface area contributed by atoms with Crippen molar-refractivity contribution in [1.29, 1.82) is 0 Å². The maximum atomic E-state index is 2.62. The predicted octanol–water partition coefficient (Wildman–Crippen LogP) is 5.97. The quantitative estimate of drug-likeness (QED) is 0.234. The smallest absolute Gasteiger partial charge is 0.247 e. The molecule has 0 fully saturated rings. The zero-order valence-corrected chi connectivity index (χ0v) is 25.1. The van der Waals surface area contributed by atoms with Crippen molar-refractivity contribution in [2.24, 2.45) is 0 Å². The Balaban J connectivity index is 1.39. The van der Waals surface area contributed by atoms with E-state index in [0.29, 0.717) is 0 Å². The predicted molar refractivity (Wildman–Crippen MR) is 198 cm³/mol. The van der Waals surface area contributed by atoms with Crippen LogP contribution in [0.2, 0.25) is 0 Å². The van der Waals surface area contributed by atoms with E-state index in [1.165, 1.54) is 87.9 Å². The largest absolute Gasteiger partial charge is 0.312 e. The Bertz CT molecular complexity index is 2650. The molecule has 7 aromatic carbocycles. The van der Waals surface area contributed by atoms with Crippen LogP contribution < -0.4 is 37.7 Å². The third-order valence-corrected chi connectivity index (χ3v) is 10.6. The van der Waals surface area contributed by atoms with Gasteiger partial charge in [0.05, 0.1) is 5.52 Å². The zero-order chi connectivity index (χ0) is 29.9. The third kappa shape index (κ3) is 2.99. The number of anilines is 3. The summed E-state index contributed by atoms with van der Waals surface area (Å²) in [5.74, 6) is 0. The highest BCUT2D eigenvalue weighted by molar-refractivity contribution is 7.02. The number of rotatable bonds is 3. The van der Waals surface area contributed by atoms with Crippen LogP contribution in [0.5, 0.6) is 0 Å². The van der Waals surface area contributed by atoms with Crippen molar-refractivity contribution in [2.75, 3.05) is 4.90 Å². The van der Waals surface area contributed by atoms with E-state index in [9.17, 15) is 0 Å². The van der Waals surface area contributed by atoms with Gasteiger partial charge in [-0.1, -0.05) is 144 Å². The molecule has 0 N–H and O–H groups in total. The molecule has 0 unspecified atom stereocenters. The Labute approximate surface area is 267 Å². The van der Waals surface area contributed by atoms with Gasteiger partial charge in [0.1, 0.15) is 0 Å². The molecule has 2 aliphatic heterocycles. The van der Waals surface area contributed by atoms with Crippen LogP contribution in [0.15, 0.2) is 158 Å². The van der Waals surface area contributed by atoms with Gasteiger partial charge in [0.25, 0.3) is 0 Å². The Kier molecular flexibility index (Phi) is 4.77. The van der Waals surface area contributed by atoms with Gasteiger partial charge in [-0.05, 0) is 46.1 Å². The first-order chi connectivity index (χ1) is 22.9. The monoisotopic (exact) mass is 580 g/mol. The standard InChI is InChI=1S/C42H26B2N2/c1-4-14-27(15-5-1)43-34-24-13-21-31-30-20-12-22-32-38-39-37(26-35(43)42(38)46(40(30)32)41(31)34)45(29-18-8-3-9-19-29)36-25-11-10-23-33(36)44(39)28-16-6-2-7-17-28/h1-26H. The van der Waals surface area contributed by atoms with Crippen LogP contribution in [0.1, 0.15) is 0 Å². The topological polar surface area (TPSA) is 7.65 Å². The molecule has 0 radical (unpaired) electrons. The molecule has 0 amide bonds. The first-order valence-electron chi connectivity index (χ1n) is 16.2. The van der Waals surface area contributed by atoms with E-state index in [1.54, 1.807) is 0 Å². The van der Waals surface area contributed by atoms with Gasteiger partial charge in [0.15, 0.2) is 0 Å². The normalized spacial score (nSPS) is 13.5. The molecule has 0 spiro atoms. The molecular formula is C42H26B2N2. The first-order valence-corrected chi connectivity index (χ1v) is 16.2. The second-order valence-corrected chi connectivity index (χ2v) is 12.8. The Morgan fingerprint density at radius 1 is 0.391 bits per heavy atom. The van der Waals surface area contributed by atoms with Crippen molar-refractivity contribution in [3.63, 3.8) is 0 Å². The summed E-state index contributed by atoms with van der Waals surface area (Å²) in [6.45, 7) is 0.218. The van der Waals surface area contributed by atoms with Gasteiger partial charge in [-0.2, -0.15) is 0 Å². The number of hydrogen-bond acceptors (Lipinski definition) is 1. The third-order valence-electron chi connectivity index (χ3n) is 10.6. The van der Waals surface area contributed by atoms with Gasteiger partial charge < -0.3 is 9.30 Å². The Morgan fingerprint density at radius 2 is 0.978 bits per heavy atom. The van der Waals surface area contributed by atoms with Crippen LogP contribution >= 0.6 is 0 Å². The fraction of sp³-hybridized carbons (Fsp3) is 0. The molecule has 2 aromatic heterocycles. The lowest BCUT2D eigenvalue weighted by molar-refractivity contribution is 1.30. The summed E-state index contributed by atoms with van der Waals surface area (Å²) in [4.78, 5) is 2.52. The van der Waals surface area contributed by atoms with Crippen molar-refractivity contribution in [1.82, 2.24) is 4.40 Å². The van der Waals surface area contributed by atoms with E-state index in [0.717, 1.165) is 0 Å². The summed E-state index contributed by atoms with van der Waals surface area (Å²) in [5.41, 5.74) is 15.9. The van der Waals surface area contributed by atoms with Gasteiger partial charge in [-0.3, -0.25) is 0 Å². The highest BCUT2D eigenvalue weighted by Crippen LogP contribution is 2.43. The molecule has 4 heterocycles. The van der Waals surface area contributed by atoms with Gasteiger partial charge >= 0.3 is 0 Å². The number of para-hydroxylation sites is 4. The van der Waals surface area contributed by atoms with Gasteiger partial charge in [0, 0.05) is 49.6 Å². The van der Waals surface area contributed by atoms with Crippen molar-refractivity contribution in [2.45, 2.75) is 0 Å². The molecule has 4 heteroatoms. The van der Waals surface area contributed by atoms with Crippen LogP contribution in [-0.2, 0) is 0 Å². The Hall–Kier alpha value is -5.73. The molecule has 9 aromatic rings. The molecule has 11 rings (SSSR count). The maximum absolute atomic E-state index is 2.62. The van der Waals surface area contributed by atoms with Gasteiger partial charge in [0.2, 0.25) is 13.4 Å². The van der Waals surface area contributed by atoms with Crippen LogP contribution in [0.4, 0.5) is 17.1 Å². The summed E-state index contributed by atoms with van der Waals surface area (Å²) >= 11 is 0. The lowest BCUT2D eigenvalue weighted by atomic mass is 9.32. The second-order valence-electron chi connectivity index (χ2n) is 12.8. The maximum Gasteiger partial charge on any atom is 0.247 e. The number of hydrogen-bond donors (Lipinski definition) is 0. The molecule has 0 atom stereocenters. The summed E-state index contributed by atoms with van der Waals surface area (Å²) < 4.78 is 2.62. The fourth-order valence-electron chi connectivity index (χ4n) is 8.94. The summed E-state index contributed by atoms with van der Waals surface area (Å²) in [5, 5.41) is 5.41. The highest BCUT2D eigenvalue weighted by Gasteiger charge is 2.42. The number of nitrogens with zero attached hydrogens (tertiary/aromatic N) is 2. The van der Waals surface area contributed by atoms with E-state index in [4.69, 9.17) is 0 Å². The number of benzene rings is 7. The lowest BCUT2D eigenvalue weighted by Gasteiger charge is -2.38. The molecule has 2 aliphatic rings. The van der Waals surface area contributed by atoms with E-state index in [1.807, 2.05) is 0 Å². The molecule has 0 saturated heterocycles. The molecule has 46 heavy (non-hydrogen) atoms. The number of aromatic nitrogens is 1. The van der Waals surface area contributed by atoms with E-state index in [-0.39, 0.29) is 13.4 Å². The van der Waals surface area contributed by atoms with Crippen molar-refractivity contribution >= 4 is 101 Å². The van der Waals surface area contributed by atoms with Crippen LogP contribution in [-0.4, -0.2) is 17.8 Å². The minimum atomic E-state index is 0.0929.